The first kappa shape index (κ1) is 20.4. The Morgan fingerprint density at radius 1 is 1.15 bits per heavy atom. The zero-order valence-corrected chi connectivity index (χ0v) is 16.2. The van der Waals surface area contributed by atoms with Crippen molar-refractivity contribution in [1.82, 2.24) is 5.32 Å². The van der Waals surface area contributed by atoms with Crippen LogP contribution in [-0.4, -0.2) is 28.7 Å². The quantitative estimate of drug-likeness (QED) is 0.656. The van der Waals surface area contributed by atoms with E-state index in [9.17, 15) is 9.59 Å². The van der Waals surface area contributed by atoms with Gasteiger partial charge in [-0.3, -0.25) is 10.1 Å². The van der Waals surface area contributed by atoms with E-state index < -0.39 is 11.9 Å². The summed E-state index contributed by atoms with van der Waals surface area (Å²) in [6.45, 7) is 5.69. The Morgan fingerprint density at radius 2 is 1.81 bits per heavy atom. The van der Waals surface area contributed by atoms with Gasteiger partial charge in [-0.25, -0.2) is 4.79 Å². The molecule has 0 unspecified atom stereocenters. The predicted octanol–water partition coefficient (Wildman–Crippen LogP) is 3.71. The third-order valence-corrected chi connectivity index (χ3v) is 4.19. The molecule has 0 aromatic heterocycles. The molecule has 2 rings (SSSR count). The Labute approximate surface area is 163 Å². The van der Waals surface area contributed by atoms with Gasteiger partial charge in [0, 0.05) is 5.69 Å². The van der Waals surface area contributed by atoms with Crippen molar-refractivity contribution < 1.29 is 19.4 Å². The topological polar surface area (TPSA) is 87.7 Å². The van der Waals surface area contributed by atoms with Crippen molar-refractivity contribution in [3.8, 4) is 5.75 Å². The van der Waals surface area contributed by atoms with E-state index in [0.29, 0.717) is 22.9 Å². The zero-order chi connectivity index (χ0) is 20.0. The van der Waals surface area contributed by atoms with E-state index in [4.69, 9.17) is 22.1 Å². The largest absolute Gasteiger partial charge is 0.484 e. The summed E-state index contributed by atoms with van der Waals surface area (Å²) < 4.78 is 5.45. The standard InChI is InChI=1S/C20H22N2O4S/c1-12(2)14-7-9-15(10-8-14)26-11-18(23)22-20(27)21-17-6-4-5-16(13(17)3)19(24)25/h4-10,12H,11H2,1-3H3,(H,24,25)(H2,21,22,23,27). The Balaban J connectivity index is 1.88. The molecule has 1 amide bonds. The van der Waals surface area contributed by atoms with Crippen molar-refractivity contribution in [1.29, 1.82) is 0 Å². The van der Waals surface area contributed by atoms with Crippen LogP contribution in [0.4, 0.5) is 5.69 Å². The molecule has 0 saturated heterocycles. The van der Waals surface area contributed by atoms with Gasteiger partial charge in [0.25, 0.3) is 5.91 Å². The van der Waals surface area contributed by atoms with Crippen molar-refractivity contribution >= 4 is 34.9 Å². The van der Waals surface area contributed by atoms with Gasteiger partial charge in [0.15, 0.2) is 11.7 Å². The number of carboxylic acids is 1. The lowest BCUT2D eigenvalue weighted by Gasteiger charge is -2.13. The molecular formula is C20H22N2O4S. The lowest BCUT2D eigenvalue weighted by molar-refractivity contribution is -0.121. The average Bonchev–Trinajstić information content (AvgIpc) is 2.61. The van der Waals surface area contributed by atoms with Crippen LogP contribution in [0.5, 0.6) is 5.75 Å². The van der Waals surface area contributed by atoms with Gasteiger partial charge in [-0.1, -0.05) is 32.0 Å². The molecule has 7 heteroatoms. The fraction of sp³-hybridized carbons (Fsp3) is 0.250. The molecule has 0 aliphatic carbocycles. The molecule has 0 atom stereocenters. The van der Waals surface area contributed by atoms with Gasteiger partial charge in [0.1, 0.15) is 5.75 Å². The number of nitrogens with one attached hydrogen (secondary N) is 2. The third kappa shape index (κ3) is 5.79. The zero-order valence-electron chi connectivity index (χ0n) is 15.4. The highest BCUT2D eigenvalue weighted by Crippen LogP contribution is 2.19. The summed E-state index contributed by atoms with van der Waals surface area (Å²) in [5.74, 6) is -0.414. The minimum Gasteiger partial charge on any atom is -0.484 e. The molecule has 0 spiro atoms. The number of thiocarbonyl (C=S) groups is 1. The Kier molecular flexibility index (Phi) is 6.90. The fourth-order valence-electron chi connectivity index (χ4n) is 2.42. The monoisotopic (exact) mass is 386 g/mol. The molecule has 0 radical (unpaired) electrons. The molecule has 27 heavy (non-hydrogen) atoms. The second-order valence-corrected chi connectivity index (χ2v) is 6.71. The molecule has 0 bridgehead atoms. The Morgan fingerprint density at radius 3 is 2.41 bits per heavy atom. The number of carboxylic acid groups (broad SMARTS) is 1. The molecule has 0 saturated carbocycles. The number of anilines is 1. The molecule has 2 aromatic carbocycles. The van der Waals surface area contributed by atoms with Crippen LogP contribution in [0.25, 0.3) is 0 Å². The maximum absolute atomic E-state index is 12.0. The van der Waals surface area contributed by atoms with E-state index in [1.165, 1.54) is 11.6 Å². The summed E-state index contributed by atoms with van der Waals surface area (Å²) in [5.41, 5.74) is 2.41. The number of aromatic carboxylic acids is 1. The van der Waals surface area contributed by atoms with Crippen molar-refractivity contribution in [3.05, 3.63) is 59.2 Å². The molecule has 6 nitrogen and oxygen atoms in total. The molecular weight excluding hydrogens is 364 g/mol. The summed E-state index contributed by atoms with van der Waals surface area (Å²) in [6, 6.07) is 12.4. The lowest BCUT2D eigenvalue weighted by atomic mass is 10.0. The molecule has 0 aliphatic rings. The van der Waals surface area contributed by atoms with Gasteiger partial charge in [0.05, 0.1) is 5.56 Å². The smallest absolute Gasteiger partial charge is 0.336 e. The first-order chi connectivity index (χ1) is 12.8. The lowest BCUT2D eigenvalue weighted by Crippen LogP contribution is -2.37. The first-order valence-corrected chi connectivity index (χ1v) is 8.85. The number of amides is 1. The van der Waals surface area contributed by atoms with Gasteiger partial charge >= 0.3 is 5.97 Å². The third-order valence-electron chi connectivity index (χ3n) is 3.98. The van der Waals surface area contributed by atoms with Crippen molar-refractivity contribution in [2.24, 2.45) is 0 Å². The summed E-state index contributed by atoms with van der Waals surface area (Å²) in [7, 11) is 0. The van der Waals surface area contributed by atoms with E-state index in [0.717, 1.165) is 0 Å². The second kappa shape index (κ2) is 9.14. The van der Waals surface area contributed by atoms with Gasteiger partial charge in [-0.15, -0.1) is 0 Å². The van der Waals surface area contributed by atoms with Crippen LogP contribution in [0, 0.1) is 6.92 Å². The van der Waals surface area contributed by atoms with E-state index in [1.54, 1.807) is 19.1 Å². The van der Waals surface area contributed by atoms with Gasteiger partial charge < -0.3 is 15.2 Å². The van der Waals surface area contributed by atoms with Gasteiger partial charge in [0.2, 0.25) is 0 Å². The van der Waals surface area contributed by atoms with E-state index in [2.05, 4.69) is 24.5 Å². The summed E-state index contributed by atoms with van der Waals surface area (Å²) in [6.07, 6.45) is 0. The van der Waals surface area contributed by atoms with Crippen molar-refractivity contribution in [2.75, 3.05) is 11.9 Å². The summed E-state index contributed by atoms with van der Waals surface area (Å²) in [4.78, 5) is 23.2. The van der Waals surface area contributed by atoms with Crippen LogP contribution >= 0.6 is 12.2 Å². The van der Waals surface area contributed by atoms with Crippen LogP contribution in [0.2, 0.25) is 0 Å². The molecule has 0 heterocycles. The number of rotatable bonds is 6. The summed E-state index contributed by atoms with van der Waals surface area (Å²) >= 11 is 5.11. The van der Waals surface area contributed by atoms with Crippen LogP contribution in [-0.2, 0) is 4.79 Å². The number of hydrogen-bond donors (Lipinski definition) is 3. The Bertz CT molecular complexity index is 848. The van der Waals surface area contributed by atoms with Crippen LogP contribution in [0.1, 0.15) is 41.3 Å². The molecule has 0 aliphatic heterocycles. The molecule has 142 valence electrons. The maximum atomic E-state index is 12.0. The first-order valence-electron chi connectivity index (χ1n) is 8.44. The predicted molar refractivity (Wildman–Crippen MR) is 109 cm³/mol. The van der Waals surface area contributed by atoms with Crippen LogP contribution < -0.4 is 15.4 Å². The van der Waals surface area contributed by atoms with Crippen LogP contribution in [0.15, 0.2) is 42.5 Å². The minimum absolute atomic E-state index is 0.0735. The highest BCUT2D eigenvalue weighted by atomic mass is 32.1. The number of benzene rings is 2. The molecule has 0 fully saturated rings. The molecule has 3 N–H and O–H groups in total. The number of hydrogen-bond acceptors (Lipinski definition) is 4. The van der Waals surface area contributed by atoms with Gasteiger partial charge in [-0.2, -0.15) is 0 Å². The van der Waals surface area contributed by atoms with E-state index in [1.807, 2.05) is 24.3 Å². The van der Waals surface area contributed by atoms with E-state index in [-0.39, 0.29) is 17.3 Å². The number of ether oxygens (including phenoxy) is 1. The van der Waals surface area contributed by atoms with Crippen molar-refractivity contribution in [3.63, 3.8) is 0 Å². The highest BCUT2D eigenvalue weighted by Gasteiger charge is 2.12. The van der Waals surface area contributed by atoms with Crippen LogP contribution in [0.3, 0.4) is 0 Å². The Hall–Kier alpha value is -2.93. The number of carbonyl (C=O) groups excluding carboxylic acids is 1. The second-order valence-electron chi connectivity index (χ2n) is 6.30. The average molecular weight is 386 g/mol. The maximum Gasteiger partial charge on any atom is 0.336 e. The van der Waals surface area contributed by atoms with Gasteiger partial charge in [-0.05, 0) is 60.5 Å². The summed E-state index contributed by atoms with van der Waals surface area (Å²) in [5, 5.41) is 14.6. The SMILES string of the molecule is Cc1c(NC(=S)NC(=O)COc2ccc(C(C)C)cc2)cccc1C(=O)O. The normalized spacial score (nSPS) is 10.4. The number of carbonyl (C=O) groups is 2. The highest BCUT2D eigenvalue weighted by molar-refractivity contribution is 7.80. The molecule has 2 aromatic rings. The minimum atomic E-state index is -1.03. The fourth-order valence-corrected chi connectivity index (χ4v) is 2.64. The van der Waals surface area contributed by atoms with Crippen molar-refractivity contribution in [2.45, 2.75) is 26.7 Å². The van der Waals surface area contributed by atoms with E-state index >= 15 is 0 Å².